The molecule has 0 bridgehead atoms. The first kappa shape index (κ1) is 25.6. The average molecular weight is 472 g/mol. The molecule has 0 N–H and O–H groups in total. The number of carbonyl (C=O) groups is 1. The number of hydrogen-bond acceptors (Lipinski definition) is 7. The molecule has 0 aromatic heterocycles. The van der Waals surface area contributed by atoms with Crippen LogP contribution in [0.4, 0.5) is 5.69 Å². The molecule has 1 heterocycles. The number of rotatable bonds is 12. The Labute approximate surface area is 200 Å². The van der Waals surface area contributed by atoms with Gasteiger partial charge in [0, 0.05) is 65.0 Å². The fourth-order valence-electron chi connectivity index (χ4n) is 4.52. The van der Waals surface area contributed by atoms with Gasteiger partial charge in [-0.05, 0) is 29.2 Å². The summed E-state index contributed by atoms with van der Waals surface area (Å²) in [5.74, 6) is 1.14. The van der Waals surface area contributed by atoms with Gasteiger partial charge < -0.3 is 19.1 Å². The van der Waals surface area contributed by atoms with E-state index in [0.717, 1.165) is 24.4 Å². The van der Waals surface area contributed by atoms with Crippen molar-refractivity contribution in [3.05, 3.63) is 69.8 Å². The van der Waals surface area contributed by atoms with Gasteiger partial charge in [0.25, 0.3) is 5.69 Å². The van der Waals surface area contributed by atoms with Crippen molar-refractivity contribution in [2.24, 2.45) is 5.92 Å². The number of amides is 1. The van der Waals surface area contributed by atoms with Crippen LogP contribution in [-0.2, 0) is 20.8 Å². The highest BCUT2D eigenvalue weighted by molar-refractivity contribution is 5.77. The summed E-state index contributed by atoms with van der Waals surface area (Å²) in [5.41, 5.74) is 2.27. The molecular weight excluding hydrogens is 438 g/mol. The van der Waals surface area contributed by atoms with Crippen LogP contribution in [0, 0.1) is 16.0 Å². The second kappa shape index (κ2) is 12.5. The van der Waals surface area contributed by atoms with Crippen LogP contribution in [-0.4, -0.2) is 81.4 Å². The largest absolute Gasteiger partial charge is 0.497 e. The van der Waals surface area contributed by atoms with Crippen molar-refractivity contribution < 1.29 is 23.9 Å². The summed E-state index contributed by atoms with van der Waals surface area (Å²) < 4.78 is 15.8. The Morgan fingerprint density at radius 3 is 2.53 bits per heavy atom. The number of nitro groups is 1. The molecule has 0 spiro atoms. The molecule has 2 atom stereocenters. The molecule has 2 aromatic carbocycles. The minimum absolute atomic E-state index is 0.0345. The van der Waals surface area contributed by atoms with E-state index in [-0.39, 0.29) is 35.0 Å². The van der Waals surface area contributed by atoms with Gasteiger partial charge in [-0.15, -0.1) is 0 Å². The van der Waals surface area contributed by atoms with Gasteiger partial charge in [0.05, 0.1) is 18.6 Å². The van der Waals surface area contributed by atoms with Crippen molar-refractivity contribution in [2.75, 3.05) is 60.7 Å². The Bertz CT molecular complexity index is 952. The van der Waals surface area contributed by atoms with Crippen molar-refractivity contribution in [3.8, 4) is 5.75 Å². The minimum Gasteiger partial charge on any atom is -0.497 e. The van der Waals surface area contributed by atoms with E-state index < -0.39 is 0 Å². The van der Waals surface area contributed by atoms with Gasteiger partial charge in [0.15, 0.2) is 0 Å². The lowest BCUT2D eigenvalue weighted by atomic mass is 9.88. The molecule has 0 saturated carbocycles. The third-order valence-corrected chi connectivity index (χ3v) is 6.23. The number of methoxy groups -OCH3 is 3. The second-order valence-electron chi connectivity index (χ2n) is 8.53. The molecular formula is C25H33N3O6. The fraction of sp³-hybridized carbons (Fsp3) is 0.480. The summed E-state index contributed by atoms with van der Waals surface area (Å²) in [6.45, 7) is 3.87. The van der Waals surface area contributed by atoms with Crippen LogP contribution >= 0.6 is 0 Å². The third-order valence-electron chi connectivity index (χ3n) is 6.23. The molecule has 34 heavy (non-hydrogen) atoms. The van der Waals surface area contributed by atoms with Gasteiger partial charge in [-0.2, -0.15) is 0 Å². The maximum atomic E-state index is 12.7. The number of carbonyl (C=O) groups excluding carboxylic acids is 1. The van der Waals surface area contributed by atoms with E-state index in [0.29, 0.717) is 26.2 Å². The lowest BCUT2D eigenvalue weighted by Gasteiger charge is -2.28. The number of nitro benzene ring substituents is 1. The average Bonchev–Trinajstić information content (AvgIpc) is 3.24. The number of nitrogens with zero attached hydrogens (tertiary/aromatic N) is 3. The Morgan fingerprint density at radius 1 is 1.12 bits per heavy atom. The van der Waals surface area contributed by atoms with E-state index in [4.69, 9.17) is 14.2 Å². The molecule has 1 amide bonds. The van der Waals surface area contributed by atoms with Crippen LogP contribution in [0.25, 0.3) is 0 Å². The Kier molecular flexibility index (Phi) is 9.38. The molecule has 9 nitrogen and oxygen atoms in total. The fourth-order valence-corrected chi connectivity index (χ4v) is 4.52. The van der Waals surface area contributed by atoms with Gasteiger partial charge in [-0.1, -0.05) is 24.3 Å². The number of non-ortho nitro benzene ring substituents is 1. The van der Waals surface area contributed by atoms with Crippen LogP contribution in [0.1, 0.15) is 17.0 Å². The normalized spacial score (nSPS) is 18.1. The minimum atomic E-state index is -0.389. The van der Waals surface area contributed by atoms with E-state index in [1.165, 1.54) is 12.7 Å². The molecule has 0 radical (unpaired) electrons. The molecule has 1 fully saturated rings. The monoisotopic (exact) mass is 471 g/mol. The van der Waals surface area contributed by atoms with E-state index in [2.05, 4.69) is 17.0 Å². The van der Waals surface area contributed by atoms with Gasteiger partial charge in [-0.25, -0.2) is 0 Å². The molecule has 1 aliphatic heterocycles. The number of ether oxygens (including phenoxy) is 3. The summed E-state index contributed by atoms with van der Waals surface area (Å²) in [6, 6.07) is 14.8. The molecule has 2 aromatic rings. The van der Waals surface area contributed by atoms with Crippen molar-refractivity contribution in [3.63, 3.8) is 0 Å². The van der Waals surface area contributed by atoms with Crippen molar-refractivity contribution >= 4 is 11.6 Å². The number of benzene rings is 2. The topological polar surface area (TPSA) is 94.4 Å². The summed E-state index contributed by atoms with van der Waals surface area (Å²) in [7, 11) is 4.80. The summed E-state index contributed by atoms with van der Waals surface area (Å²) in [5, 5.41) is 11.0. The zero-order chi connectivity index (χ0) is 24.5. The second-order valence-corrected chi connectivity index (χ2v) is 8.53. The first-order valence-electron chi connectivity index (χ1n) is 11.3. The van der Waals surface area contributed by atoms with E-state index in [9.17, 15) is 14.9 Å². The highest BCUT2D eigenvalue weighted by Crippen LogP contribution is 2.35. The Morgan fingerprint density at radius 2 is 1.88 bits per heavy atom. The summed E-state index contributed by atoms with van der Waals surface area (Å²) in [4.78, 5) is 27.4. The van der Waals surface area contributed by atoms with Gasteiger partial charge in [0.2, 0.25) is 5.91 Å². The first-order valence-corrected chi connectivity index (χ1v) is 11.3. The van der Waals surface area contributed by atoms with Crippen LogP contribution < -0.4 is 4.74 Å². The lowest BCUT2D eigenvalue weighted by molar-refractivity contribution is -0.384. The molecule has 2 unspecified atom stereocenters. The standard InChI is InChI=1S/C25H33N3O6/c1-32-12-11-27(25(29)18-33-2)16-21-15-26(14-19-7-9-22(10-8-19)28(30)31)17-24(21)20-5-4-6-23(13-20)34-3/h4-10,13,21,24H,11-12,14-18H2,1-3H3. The zero-order valence-corrected chi connectivity index (χ0v) is 20.0. The molecule has 9 heteroatoms. The molecule has 1 saturated heterocycles. The SMILES string of the molecule is COCCN(CC1CN(Cc2ccc([N+](=O)[O-])cc2)CC1c1cccc(OC)c1)C(=O)COC. The zero-order valence-electron chi connectivity index (χ0n) is 20.0. The maximum Gasteiger partial charge on any atom is 0.269 e. The molecule has 0 aliphatic carbocycles. The predicted octanol–water partition coefficient (Wildman–Crippen LogP) is 2.94. The maximum absolute atomic E-state index is 12.7. The highest BCUT2D eigenvalue weighted by Gasteiger charge is 2.36. The van der Waals surface area contributed by atoms with Gasteiger partial charge in [-0.3, -0.25) is 19.8 Å². The van der Waals surface area contributed by atoms with Crippen molar-refractivity contribution in [2.45, 2.75) is 12.5 Å². The van der Waals surface area contributed by atoms with E-state index >= 15 is 0 Å². The summed E-state index contributed by atoms with van der Waals surface area (Å²) >= 11 is 0. The number of likely N-dealkylation sites (tertiary alicyclic amines) is 1. The highest BCUT2D eigenvalue weighted by atomic mass is 16.6. The molecule has 184 valence electrons. The van der Waals surface area contributed by atoms with E-state index in [1.807, 2.05) is 17.0 Å². The van der Waals surface area contributed by atoms with Crippen molar-refractivity contribution in [1.82, 2.24) is 9.80 Å². The van der Waals surface area contributed by atoms with Crippen LogP contribution in [0.3, 0.4) is 0 Å². The van der Waals surface area contributed by atoms with Crippen molar-refractivity contribution in [1.29, 1.82) is 0 Å². The van der Waals surface area contributed by atoms with Crippen LogP contribution in [0.5, 0.6) is 5.75 Å². The predicted molar refractivity (Wildman–Crippen MR) is 128 cm³/mol. The Balaban J connectivity index is 1.80. The summed E-state index contributed by atoms with van der Waals surface area (Å²) in [6.07, 6.45) is 0. The Hall–Kier alpha value is -3.01. The van der Waals surface area contributed by atoms with Gasteiger partial charge in [0.1, 0.15) is 12.4 Å². The van der Waals surface area contributed by atoms with Crippen LogP contribution in [0.15, 0.2) is 48.5 Å². The van der Waals surface area contributed by atoms with Gasteiger partial charge >= 0.3 is 0 Å². The lowest BCUT2D eigenvalue weighted by Crippen LogP contribution is -2.41. The molecule has 1 aliphatic rings. The third kappa shape index (κ3) is 6.75. The number of hydrogen-bond donors (Lipinski definition) is 0. The quantitative estimate of drug-likeness (QED) is 0.347. The molecule has 3 rings (SSSR count). The van der Waals surface area contributed by atoms with Crippen LogP contribution in [0.2, 0.25) is 0 Å². The first-order chi connectivity index (χ1) is 16.4. The van der Waals surface area contributed by atoms with E-state index in [1.54, 1.807) is 38.5 Å². The smallest absolute Gasteiger partial charge is 0.269 e.